The summed E-state index contributed by atoms with van der Waals surface area (Å²) in [6, 6.07) is 22.1. The van der Waals surface area contributed by atoms with Crippen LogP contribution in [0.4, 0.5) is 5.69 Å². The number of benzene rings is 3. The molecule has 1 fully saturated rings. The summed E-state index contributed by atoms with van der Waals surface area (Å²) in [5.41, 5.74) is 3.27. The van der Waals surface area contributed by atoms with E-state index in [2.05, 4.69) is 11.4 Å². The molecule has 8 heteroatoms. The number of anilines is 1. The first kappa shape index (κ1) is 21.8. The largest absolute Gasteiger partial charge is 0.378 e. The maximum absolute atomic E-state index is 12.7. The number of carbonyl (C=O) groups is 1. The summed E-state index contributed by atoms with van der Waals surface area (Å²) in [5, 5.41) is 4.11. The van der Waals surface area contributed by atoms with E-state index in [1.54, 1.807) is 23.5 Å². The number of fused-ring (bicyclic) bond motifs is 1. The van der Waals surface area contributed by atoms with Crippen molar-refractivity contribution in [3.05, 3.63) is 78.4 Å². The number of aromatic nitrogens is 1. The van der Waals surface area contributed by atoms with Crippen LogP contribution in [0.1, 0.15) is 23.2 Å². The van der Waals surface area contributed by atoms with Crippen molar-refractivity contribution in [1.82, 2.24) is 9.29 Å². The fourth-order valence-corrected chi connectivity index (χ4v) is 6.41. The number of carbonyl (C=O) groups excluding carboxylic acids is 1. The summed E-state index contributed by atoms with van der Waals surface area (Å²) in [7, 11) is -3.48. The van der Waals surface area contributed by atoms with Crippen molar-refractivity contribution >= 4 is 43.0 Å². The van der Waals surface area contributed by atoms with E-state index in [0.29, 0.717) is 18.7 Å². The van der Waals surface area contributed by atoms with Gasteiger partial charge in [-0.25, -0.2) is 13.4 Å². The number of nitrogens with one attached hydrogen (secondary N) is 1. The normalized spacial score (nSPS) is 14.5. The molecule has 0 spiro atoms. The van der Waals surface area contributed by atoms with Crippen molar-refractivity contribution in [3.63, 3.8) is 0 Å². The fourth-order valence-electron chi connectivity index (χ4n) is 3.93. The molecule has 2 heterocycles. The maximum atomic E-state index is 12.7. The van der Waals surface area contributed by atoms with Gasteiger partial charge in [0.05, 0.1) is 21.7 Å². The van der Waals surface area contributed by atoms with Crippen LogP contribution in [0.3, 0.4) is 0 Å². The van der Waals surface area contributed by atoms with E-state index in [0.717, 1.165) is 39.3 Å². The van der Waals surface area contributed by atoms with Crippen LogP contribution >= 0.6 is 11.3 Å². The molecule has 0 amide bonds. The monoisotopic (exact) mass is 477 g/mol. The van der Waals surface area contributed by atoms with E-state index < -0.39 is 10.0 Å². The van der Waals surface area contributed by atoms with Gasteiger partial charge in [0.15, 0.2) is 5.78 Å². The van der Waals surface area contributed by atoms with Gasteiger partial charge >= 0.3 is 0 Å². The van der Waals surface area contributed by atoms with Gasteiger partial charge in [0, 0.05) is 29.9 Å². The van der Waals surface area contributed by atoms with Crippen LogP contribution in [-0.2, 0) is 10.0 Å². The van der Waals surface area contributed by atoms with Crippen molar-refractivity contribution in [2.45, 2.75) is 17.7 Å². The molecule has 0 unspecified atom stereocenters. The third kappa shape index (κ3) is 4.55. The quantitative estimate of drug-likeness (QED) is 0.377. The Labute approximate surface area is 197 Å². The molecule has 6 nitrogen and oxygen atoms in total. The number of hydrogen-bond acceptors (Lipinski definition) is 6. The Bertz CT molecular complexity index is 1370. The van der Waals surface area contributed by atoms with Crippen molar-refractivity contribution in [1.29, 1.82) is 0 Å². The van der Waals surface area contributed by atoms with Crippen molar-refractivity contribution in [2.75, 3.05) is 25.0 Å². The average molecular weight is 478 g/mol. The lowest BCUT2D eigenvalue weighted by molar-refractivity contribution is 0.101. The molecule has 1 N–H and O–H groups in total. The lowest BCUT2D eigenvalue weighted by Crippen LogP contribution is -2.27. The van der Waals surface area contributed by atoms with Gasteiger partial charge in [-0.2, -0.15) is 4.31 Å². The highest BCUT2D eigenvalue weighted by atomic mass is 32.2. The second-order valence-electron chi connectivity index (χ2n) is 7.98. The van der Waals surface area contributed by atoms with Gasteiger partial charge in [-0.15, -0.1) is 11.3 Å². The Morgan fingerprint density at radius 1 is 0.970 bits per heavy atom. The van der Waals surface area contributed by atoms with E-state index in [1.807, 2.05) is 42.5 Å². The molecule has 33 heavy (non-hydrogen) atoms. The predicted molar refractivity (Wildman–Crippen MR) is 132 cm³/mol. The van der Waals surface area contributed by atoms with Crippen LogP contribution in [-0.4, -0.2) is 43.1 Å². The zero-order valence-corrected chi connectivity index (χ0v) is 19.5. The highest BCUT2D eigenvalue weighted by Gasteiger charge is 2.27. The summed E-state index contributed by atoms with van der Waals surface area (Å²) in [4.78, 5) is 17.6. The first-order valence-electron chi connectivity index (χ1n) is 10.8. The van der Waals surface area contributed by atoms with Gasteiger partial charge in [-0.3, -0.25) is 4.79 Å². The SMILES string of the molecule is O=C(CNc1cccc(-c2nc3ccccc3s2)c1)c1ccc(S(=O)(=O)N2CCCC2)cc1. The van der Waals surface area contributed by atoms with E-state index in [1.165, 1.54) is 16.4 Å². The van der Waals surface area contributed by atoms with Crippen molar-refractivity contribution in [3.8, 4) is 10.6 Å². The molecular weight excluding hydrogens is 454 g/mol. The number of ketones is 1. The van der Waals surface area contributed by atoms with Crippen LogP contribution in [0.15, 0.2) is 77.7 Å². The zero-order chi connectivity index (χ0) is 22.8. The molecule has 0 aliphatic carbocycles. The summed E-state index contributed by atoms with van der Waals surface area (Å²) in [5.74, 6) is -0.106. The molecule has 0 atom stereocenters. The fraction of sp³-hybridized carbons (Fsp3) is 0.200. The second kappa shape index (κ2) is 9.05. The van der Waals surface area contributed by atoms with Gasteiger partial charge in [-0.1, -0.05) is 24.3 Å². The first-order valence-corrected chi connectivity index (χ1v) is 13.1. The van der Waals surface area contributed by atoms with Gasteiger partial charge in [-0.05, 0) is 61.4 Å². The summed E-state index contributed by atoms with van der Waals surface area (Å²) < 4.78 is 28.0. The Morgan fingerprint density at radius 3 is 2.48 bits per heavy atom. The average Bonchev–Trinajstić information content (AvgIpc) is 3.53. The highest BCUT2D eigenvalue weighted by molar-refractivity contribution is 7.89. The molecule has 1 aromatic heterocycles. The zero-order valence-electron chi connectivity index (χ0n) is 17.9. The number of rotatable bonds is 7. The third-order valence-corrected chi connectivity index (χ3v) is 8.73. The van der Waals surface area contributed by atoms with Gasteiger partial charge in [0.25, 0.3) is 0 Å². The standard InChI is InChI=1S/C25H23N3O3S2/c29-23(18-10-12-21(13-11-18)33(30,31)28-14-3-4-15-28)17-26-20-7-5-6-19(16-20)25-27-22-8-1-2-9-24(22)32-25/h1-2,5-13,16,26H,3-4,14-15,17H2. The number of thiazole rings is 1. The smallest absolute Gasteiger partial charge is 0.243 e. The van der Waals surface area contributed by atoms with Crippen LogP contribution in [0, 0.1) is 0 Å². The predicted octanol–water partition coefficient (Wildman–Crippen LogP) is 5.04. The Morgan fingerprint density at radius 2 is 1.73 bits per heavy atom. The topological polar surface area (TPSA) is 79.4 Å². The van der Waals surface area contributed by atoms with Gasteiger partial charge < -0.3 is 5.32 Å². The van der Waals surface area contributed by atoms with E-state index >= 15 is 0 Å². The first-order chi connectivity index (χ1) is 16.0. The molecule has 3 aromatic carbocycles. The minimum Gasteiger partial charge on any atom is -0.378 e. The number of Topliss-reactive ketones (excluding diaryl/α,β-unsaturated/α-hetero) is 1. The van der Waals surface area contributed by atoms with E-state index in [-0.39, 0.29) is 17.2 Å². The van der Waals surface area contributed by atoms with Gasteiger partial charge in [0.1, 0.15) is 5.01 Å². The molecule has 1 aliphatic rings. The number of nitrogens with zero attached hydrogens (tertiary/aromatic N) is 2. The Hall–Kier alpha value is -3.07. The van der Waals surface area contributed by atoms with Crippen LogP contribution in [0.25, 0.3) is 20.8 Å². The second-order valence-corrected chi connectivity index (χ2v) is 10.9. The van der Waals surface area contributed by atoms with Crippen LogP contribution in [0.5, 0.6) is 0 Å². The van der Waals surface area contributed by atoms with Gasteiger partial charge in [0.2, 0.25) is 10.0 Å². The summed E-state index contributed by atoms with van der Waals surface area (Å²) in [6.45, 7) is 1.23. The summed E-state index contributed by atoms with van der Waals surface area (Å²) >= 11 is 1.63. The lowest BCUT2D eigenvalue weighted by Gasteiger charge is -2.15. The molecule has 5 rings (SSSR count). The van der Waals surface area contributed by atoms with Crippen LogP contribution < -0.4 is 5.32 Å². The molecule has 0 saturated carbocycles. The molecule has 1 aliphatic heterocycles. The summed E-state index contributed by atoms with van der Waals surface area (Å²) in [6.07, 6.45) is 1.78. The Balaban J connectivity index is 1.26. The highest BCUT2D eigenvalue weighted by Crippen LogP contribution is 2.31. The molecule has 4 aromatic rings. The molecule has 168 valence electrons. The van der Waals surface area contributed by atoms with Crippen LogP contribution in [0.2, 0.25) is 0 Å². The molecular formula is C25H23N3O3S2. The maximum Gasteiger partial charge on any atom is 0.243 e. The Kier molecular flexibility index (Phi) is 5.97. The van der Waals surface area contributed by atoms with Crippen molar-refractivity contribution < 1.29 is 13.2 Å². The third-order valence-electron chi connectivity index (χ3n) is 5.74. The minimum atomic E-state index is -3.48. The molecule has 0 bridgehead atoms. The minimum absolute atomic E-state index is 0.106. The number of hydrogen-bond donors (Lipinski definition) is 1. The molecule has 0 radical (unpaired) electrons. The number of para-hydroxylation sites is 1. The lowest BCUT2D eigenvalue weighted by atomic mass is 10.1. The van der Waals surface area contributed by atoms with E-state index in [4.69, 9.17) is 4.98 Å². The van der Waals surface area contributed by atoms with Crippen molar-refractivity contribution in [2.24, 2.45) is 0 Å². The number of sulfonamides is 1. The molecule has 1 saturated heterocycles. The van der Waals surface area contributed by atoms with E-state index in [9.17, 15) is 13.2 Å².